The van der Waals surface area contributed by atoms with Gasteiger partial charge in [0.25, 0.3) is 0 Å². The molecule has 3 rings (SSSR count). The molecule has 0 fully saturated rings. The van der Waals surface area contributed by atoms with Crippen LogP contribution in [0.15, 0.2) is 30.3 Å². The molecule has 0 spiro atoms. The van der Waals surface area contributed by atoms with Gasteiger partial charge in [0, 0.05) is 5.39 Å². The van der Waals surface area contributed by atoms with Crippen LogP contribution >= 0.6 is 0 Å². The van der Waals surface area contributed by atoms with Crippen molar-refractivity contribution >= 4 is 16.7 Å². The predicted molar refractivity (Wildman–Crippen MR) is 77.2 cm³/mol. The molecule has 100 valence electrons. The van der Waals surface area contributed by atoms with Gasteiger partial charge < -0.3 is 5.73 Å². The number of benzene rings is 1. The third-order valence-electron chi connectivity index (χ3n) is 3.07. The fourth-order valence-electron chi connectivity index (χ4n) is 2.19. The summed E-state index contributed by atoms with van der Waals surface area (Å²) < 4.78 is 1.62. The first kappa shape index (κ1) is 12.3. The zero-order valence-electron chi connectivity index (χ0n) is 11.3. The van der Waals surface area contributed by atoms with Gasteiger partial charge in [-0.25, -0.2) is 9.97 Å². The first-order valence-corrected chi connectivity index (χ1v) is 6.21. The van der Waals surface area contributed by atoms with Crippen LogP contribution in [0.25, 0.3) is 16.7 Å². The Morgan fingerprint density at radius 1 is 1.20 bits per heavy atom. The molecule has 2 aromatic heterocycles. The highest BCUT2D eigenvalue weighted by Gasteiger charge is 2.15. The fraction of sp³-hybridized carbons (Fsp3) is 0.143. The minimum absolute atomic E-state index is 0.0363. The molecule has 1 aromatic carbocycles. The van der Waals surface area contributed by atoms with Gasteiger partial charge in [-0.2, -0.15) is 4.68 Å². The van der Waals surface area contributed by atoms with Crippen molar-refractivity contribution in [1.82, 2.24) is 19.7 Å². The second-order valence-electron chi connectivity index (χ2n) is 4.58. The van der Waals surface area contributed by atoms with E-state index in [1.54, 1.807) is 4.68 Å². The first-order valence-electron chi connectivity index (χ1n) is 6.21. The quantitative estimate of drug-likeness (QED) is 0.545. The van der Waals surface area contributed by atoms with E-state index in [0.29, 0.717) is 23.0 Å². The van der Waals surface area contributed by atoms with Crippen molar-refractivity contribution in [2.24, 2.45) is 5.73 Å². The topological polar surface area (TPSA) is 93.5 Å². The molecule has 20 heavy (non-hydrogen) atoms. The molecule has 0 atom stereocenters. The minimum Gasteiger partial charge on any atom is -0.384 e. The van der Waals surface area contributed by atoms with Crippen molar-refractivity contribution in [3.8, 4) is 5.82 Å². The second kappa shape index (κ2) is 4.41. The number of amidine groups is 1. The van der Waals surface area contributed by atoms with E-state index in [1.165, 1.54) is 0 Å². The maximum absolute atomic E-state index is 7.75. The molecule has 0 unspecified atom stereocenters. The molecule has 3 N–H and O–H groups in total. The van der Waals surface area contributed by atoms with Gasteiger partial charge in [-0.3, -0.25) is 5.41 Å². The average molecular weight is 266 g/mol. The van der Waals surface area contributed by atoms with Crippen molar-refractivity contribution in [2.75, 3.05) is 0 Å². The number of para-hydroxylation sites is 1. The van der Waals surface area contributed by atoms with Crippen LogP contribution in [-0.4, -0.2) is 25.6 Å². The molecule has 0 aliphatic rings. The molecule has 3 aromatic rings. The van der Waals surface area contributed by atoms with Gasteiger partial charge in [-0.1, -0.05) is 18.2 Å². The summed E-state index contributed by atoms with van der Waals surface area (Å²) in [6.45, 7) is 3.67. The van der Waals surface area contributed by atoms with E-state index >= 15 is 0 Å². The molecule has 0 aliphatic heterocycles. The lowest BCUT2D eigenvalue weighted by Gasteiger charge is -2.10. The Labute approximate surface area is 115 Å². The summed E-state index contributed by atoms with van der Waals surface area (Å²) in [5.41, 5.74) is 7.07. The monoisotopic (exact) mass is 266 g/mol. The molecule has 0 saturated heterocycles. The highest BCUT2D eigenvalue weighted by molar-refractivity contribution is 6.01. The Morgan fingerprint density at radius 3 is 2.60 bits per heavy atom. The summed E-state index contributed by atoms with van der Waals surface area (Å²) in [6, 6.07) is 9.57. The van der Waals surface area contributed by atoms with Crippen molar-refractivity contribution in [1.29, 1.82) is 5.41 Å². The maximum Gasteiger partial charge on any atom is 0.167 e. The molecule has 6 nitrogen and oxygen atoms in total. The van der Waals surface area contributed by atoms with Crippen molar-refractivity contribution < 1.29 is 0 Å². The molecule has 0 saturated carbocycles. The van der Waals surface area contributed by atoms with Gasteiger partial charge >= 0.3 is 0 Å². The Hall–Kier alpha value is -2.76. The molecule has 2 heterocycles. The van der Waals surface area contributed by atoms with Crippen molar-refractivity contribution in [3.63, 3.8) is 0 Å². The number of aromatic nitrogens is 4. The smallest absolute Gasteiger partial charge is 0.167 e. The standard InChI is InChI=1S/C14H14N6/c1-8-17-9(2)20(19-8)14-11(13(15)16)7-10-5-3-4-6-12(10)18-14/h3-7H,1-2H3,(H3,15,16). The number of fused-ring (bicyclic) bond motifs is 1. The lowest BCUT2D eigenvalue weighted by molar-refractivity contribution is 0.806. The number of aryl methyl sites for hydroxylation is 2. The van der Waals surface area contributed by atoms with Crippen molar-refractivity contribution in [2.45, 2.75) is 13.8 Å². The molecule has 0 bridgehead atoms. The van der Waals surface area contributed by atoms with Crippen LogP contribution in [0, 0.1) is 19.3 Å². The molecular formula is C14H14N6. The van der Waals surface area contributed by atoms with E-state index in [0.717, 1.165) is 10.9 Å². The zero-order valence-corrected chi connectivity index (χ0v) is 11.3. The average Bonchev–Trinajstić information content (AvgIpc) is 2.76. The van der Waals surface area contributed by atoms with E-state index < -0.39 is 0 Å². The number of hydrogen-bond acceptors (Lipinski definition) is 4. The van der Waals surface area contributed by atoms with Crippen LogP contribution in [0.5, 0.6) is 0 Å². The van der Waals surface area contributed by atoms with E-state index in [-0.39, 0.29) is 5.84 Å². The normalized spacial score (nSPS) is 10.9. The zero-order chi connectivity index (χ0) is 14.3. The van der Waals surface area contributed by atoms with Gasteiger partial charge in [-0.05, 0) is 26.0 Å². The third kappa shape index (κ3) is 1.91. The highest BCUT2D eigenvalue weighted by atomic mass is 15.4. The van der Waals surface area contributed by atoms with Crippen LogP contribution in [-0.2, 0) is 0 Å². The highest BCUT2D eigenvalue weighted by Crippen LogP contribution is 2.20. The minimum atomic E-state index is -0.0363. The molecule has 0 radical (unpaired) electrons. The predicted octanol–water partition coefficient (Wildman–Crippen LogP) is 1.72. The summed E-state index contributed by atoms with van der Waals surface area (Å²) in [4.78, 5) is 8.85. The summed E-state index contributed by atoms with van der Waals surface area (Å²) >= 11 is 0. The molecule has 0 aliphatic carbocycles. The summed E-state index contributed by atoms with van der Waals surface area (Å²) in [6.07, 6.45) is 0. The first-order chi connectivity index (χ1) is 9.56. The fourth-order valence-corrected chi connectivity index (χ4v) is 2.19. The number of nitrogens with zero attached hydrogens (tertiary/aromatic N) is 4. The van der Waals surface area contributed by atoms with Gasteiger partial charge in [0.1, 0.15) is 17.5 Å². The summed E-state index contributed by atoms with van der Waals surface area (Å²) in [5.74, 6) is 1.87. The Morgan fingerprint density at radius 2 is 1.95 bits per heavy atom. The number of pyridine rings is 1. The lowest BCUT2D eigenvalue weighted by atomic mass is 10.1. The van der Waals surface area contributed by atoms with Gasteiger partial charge in [0.15, 0.2) is 5.82 Å². The van der Waals surface area contributed by atoms with Crippen LogP contribution in [0.1, 0.15) is 17.2 Å². The number of nitrogen functional groups attached to an aromatic ring is 1. The maximum atomic E-state index is 7.75. The number of nitrogens with one attached hydrogen (secondary N) is 1. The van der Waals surface area contributed by atoms with Crippen molar-refractivity contribution in [3.05, 3.63) is 47.5 Å². The third-order valence-corrected chi connectivity index (χ3v) is 3.07. The Kier molecular flexibility index (Phi) is 2.71. The van der Waals surface area contributed by atoms with E-state index in [1.807, 2.05) is 44.2 Å². The SMILES string of the molecule is Cc1nc(C)n(-c2nc3ccccc3cc2C(=N)N)n1. The van der Waals surface area contributed by atoms with Crippen LogP contribution in [0.3, 0.4) is 0 Å². The molecule has 6 heteroatoms. The molecular weight excluding hydrogens is 252 g/mol. The second-order valence-corrected chi connectivity index (χ2v) is 4.58. The van der Waals surface area contributed by atoms with Crippen LogP contribution in [0.4, 0.5) is 0 Å². The van der Waals surface area contributed by atoms with Gasteiger partial charge in [0.2, 0.25) is 0 Å². The number of nitrogens with two attached hydrogens (primary N) is 1. The van der Waals surface area contributed by atoms with E-state index in [4.69, 9.17) is 11.1 Å². The summed E-state index contributed by atoms with van der Waals surface area (Å²) in [7, 11) is 0. The Bertz CT molecular complexity index is 818. The van der Waals surface area contributed by atoms with Crippen LogP contribution in [0.2, 0.25) is 0 Å². The van der Waals surface area contributed by atoms with Gasteiger partial charge in [0.05, 0.1) is 11.1 Å². The summed E-state index contributed by atoms with van der Waals surface area (Å²) in [5, 5.41) is 13.0. The van der Waals surface area contributed by atoms with Crippen LogP contribution < -0.4 is 5.73 Å². The van der Waals surface area contributed by atoms with E-state index in [9.17, 15) is 0 Å². The molecule has 0 amide bonds. The lowest BCUT2D eigenvalue weighted by Crippen LogP contribution is -2.17. The number of rotatable bonds is 2. The Balaban J connectivity index is 2.35. The largest absolute Gasteiger partial charge is 0.384 e. The number of hydrogen-bond donors (Lipinski definition) is 2. The van der Waals surface area contributed by atoms with E-state index in [2.05, 4.69) is 15.1 Å². The van der Waals surface area contributed by atoms with Gasteiger partial charge in [-0.15, -0.1) is 5.10 Å².